The van der Waals surface area contributed by atoms with Gasteiger partial charge < -0.3 is 15.2 Å². The quantitative estimate of drug-likeness (QED) is 0.753. The van der Waals surface area contributed by atoms with Gasteiger partial charge in [-0.05, 0) is 32.0 Å². The fourth-order valence-electron chi connectivity index (χ4n) is 1.21. The molecule has 17 heavy (non-hydrogen) atoms. The number of aldehydes is 1. The zero-order valence-electron chi connectivity index (χ0n) is 9.80. The topological polar surface area (TPSA) is 78.6 Å². The third-order valence-electron chi connectivity index (χ3n) is 2.11. The molecule has 1 aromatic carbocycles. The number of benzene rings is 1. The summed E-state index contributed by atoms with van der Waals surface area (Å²) in [4.78, 5) is 21.5. The maximum Gasteiger partial charge on any atom is 0.258 e. The summed E-state index contributed by atoms with van der Waals surface area (Å²) in [5, 5.41) is 0. The molecule has 1 atom stereocenters. The SMILES string of the molecule is CCOc1cc(C=O)ccc1O[C@@H](C)C(N)=O. The normalized spacial score (nSPS) is 11.6. The third-order valence-corrected chi connectivity index (χ3v) is 2.11. The van der Waals surface area contributed by atoms with Crippen LogP contribution in [0.25, 0.3) is 0 Å². The van der Waals surface area contributed by atoms with Gasteiger partial charge in [0.15, 0.2) is 17.6 Å². The summed E-state index contributed by atoms with van der Waals surface area (Å²) in [5.74, 6) is 0.251. The van der Waals surface area contributed by atoms with Crippen LogP contribution in [0.15, 0.2) is 18.2 Å². The lowest BCUT2D eigenvalue weighted by Crippen LogP contribution is -2.30. The molecule has 0 heterocycles. The van der Waals surface area contributed by atoms with Crippen molar-refractivity contribution in [2.24, 2.45) is 5.73 Å². The second-order valence-corrected chi connectivity index (χ2v) is 3.42. The van der Waals surface area contributed by atoms with Gasteiger partial charge in [-0.15, -0.1) is 0 Å². The standard InChI is InChI=1S/C12H15NO4/c1-3-16-11-6-9(7-14)4-5-10(11)17-8(2)12(13)15/h4-8H,3H2,1-2H3,(H2,13,15)/t8-/m0/s1. The van der Waals surface area contributed by atoms with E-state index in [-0.39, 0.29) is 0 Å². The van der Waals surface area contributed by atoms with Gasteiger partial charge in [-0.3, -0.25) is 9.59 Å². The average molecular weight is 237 g/mol. The molecule has 0 spiro atoms. The van der Waals surface area contributed by atoms with Crippen LogP contribution in [0.2, 0.25) is 0 Å². The fraction of sp³-hybridized carbons (Fsp3) is 0.333. The van der Waals surface area contributed by atoms with E-state index in [1.807, 2.05) is 6.92 Å². The van der Waals surface area contributed by atoms with Gasteiger partial charge >= 0.3 is 0 Å². The number of hydrogen-bond acceptors (Lipinski definition) is 4. The first-order valence-electron chi connectivity index (χ1n) is 5.26. The summed E-state index contributed by atoms with van der Waals surface area (Å²) in [7, 11) is 0. The van der Waals surface area contributed by atoms with Gasteiger partial charge in [0.05, 0.1) is 6.61 Å². The van der Waals surface area contributed by atoms with Gasteiger partial charge in [0, 0.05) is 5.56 Å². The molecular formula is C12H15NO4. The maximum absolute atomic E-state index is 10.9. The van der Waals surface area contributed by atoms with Crippen molar-refractivity contribution < 1.29 is 19.1 Å². The molecule has 0 fully saturated rings. The molecule has 0 bridgehead atoms. The molecule has 2 N–H and O–H groups in total. The van der Waals surface area contributed by atoms with Crippen LogP contribution in [-0.2, 0) is 4.79 Å². The molecule has 0 unspecified atom stereocenters. The zero-order chi connectivity index (χ0) is 12.8. The summed E-state index contributed by atoms with van der Waals surface area (Å²) in [6.45, 7) is 3.80. The lowest BCUT2D eigenvalue weighted by Gasteiger charge is -2.15. The van der Waals surface area contributed by atoms with E-state index >= 15 is 0 Å². The van der Waals surface area contributed by atoms with Crippen molar-refractivity contribution >= 4 is 12.2 Å². The minimum Gasteiger partial charge on any atom is -0.490 e. The van der Waals surface area contributed by atoms with E-state index in [4.69, 9.17) is 15.2 Å². The van der Waals surface area contributed by atoms with Crippen molar-refractivity contribution in [1.29, 1.82) is 0 Å². The Morgan fingerprint density at radius 1 is 1.47 bits per heavy atom. The molecular weight excluding hydrogens is 222 g/mol. The molecule has 0 radical (unpaired) electrons. The van der Waals surface area contributed by atoms with Crippen LogP contribution in [0.5, 0.6) is 11.5 Å². The van der Waals surface area contributed by atoms with Crippen LogP contribution in [0.4, 0.5) is 0 Å². The van der Waals surface area contributed by atoms with Crippen LogP contribution in [-0.4, -0.2) is 24.9 Å². The maximum atomic E-state index is 10.9. The lowest BCUT2D eigenvalue weighted by atomic mass is 10.2. The Bertz CT molecular complexity index is 417. The molecule has 0 aliphatic rings. The van der Waals surface area contributed by atoms with E-state index in [0.717, 1.165) is 0 Å². The molecule has 1 rings (SSSR count). The Labute approximate surface area is 99.5 Å². The third kappa shape index (κ3) is 3.48. The molecule has 0 aliphatic carbocycles. The molecule has 0 aliphatic heterocycles. The zero-order valence-corrected chi connectivity index (χ0v) is 9.80. The van der Waals surface area contributed by atoms with Crippen molar-refractivity contribution in [3.63, 3.8) is 0 Å². The minimum atomic E-state index is -0.753. The Hall–Kier alpha value is -2.04. The van der Waals surface area contributed by atoms with Crippen LogP contribution in [0.1, 0.15) is 24.2 Å². The number of ether oxygens (including phenoxy) is 2. The second kappa shape index (κ2) is 5.89. The number of carbonyl (C=O) groups excluding carboxylic acids is 2. The van der Waals surface area contributed by atoms with Crippen molar-refractivity contribution in [2.45, 2.75) is 20.0 Å². The van der Waals surface area contributed by atoms with Crippen LogP contribution < -0.4 is 15.2 Å². The van der Waals surface area contributed by atoms with E-state index in [1.54, 1.807) is 25.1 Å². The summed E-state index contributed by atoms with van der Waals surface area (Å²) in [6, 6.07) is 4.71. The average Bonchev–Trinajstić information content (AvgIpc) is 2.31. The smallest absolute Gasteiger partial charge is 0.258 e. The van der Waals surface area contributed by atoms with E-state index in [1.165, 1.54) is 0 Å². The van der Waals surface area contributed by atoms with Crippen molar-refractivity contribution in [2.75, 3.05) is 6.61 Å². The van der Waals surface area contributed by atoms with E-state index < -0.39 is 12.0 Å². The van der Waals surface area contributed by atoms with E-state index in [0.29, 0.717) is 30.0 Å². The summed E-state index contributed by atoms with van der Waals surface area (Å²) in [6.07, 6.45) is -0.0413. The minimum absolute atomic E-state index is 0.392. The van der Waals surface area contributed by atoms with Crippen LogP contribution in [0, 0.1) is 0 Å². The molecule has 0 aromatic heterocycles. The van der Waals surface area contributed by atoms with Crippen LogP contribution >= 0.6 is 0 Å². The molecule has 0 saturated carbocycles. The number of amides is 1. The van der Waals surface area contributed by atoms with E-state index in [2.05, 4.69) is 0 Å². The Balaban J connectivity index is 2.97. The van der Waals surface area contributed by atoms with Crippen LogP contribution in [0.3, 0.4) is 0 Å². The summed E-state index contributed by atoms with van der Waals surface area (Å²) in [5.41, 5.74) is 5.58. The molecule has 92 valence electrons. The molecule has 1 amide bonds. The number of rotatable bonds is 6. The number of primary amides is 1. The van der Waals surface area contributed by atoms with Crippen molar-refractivity contribution in [3.05, 3.63) is 23.8 Å². The number of nitrogens with two attached hydrogens (primary N) is 1. The second-order valence-electron chi connectivity index (χ2n) is 3.42. The highest BCUT2D eigenvalue weighted by molar-refractivity contribution is 5.79. The number of carbonyl (C=O) groups is 2. The fourth-order valence-corrected chi connectivity index (χ4v) is 1.21. The van der Waals surface area contributed by atoms with Crippen molar-refractivity contribution in [3.8, 4) is 11.5 Å². The first-order chi connectivity index (χ1) is 8.08. The highest BCUT2D eigenvalue weighted by atomic mass is 16.5. The highest BCUT2D eigenvalue weighted by Crippen LogP contribution is 2.28. The van der Waals surface area contributed by atoms with Gasteiger partial charge in [0.1, 0.15) is 6.29 Å². The first kappa shape index (κ1) is 13.0. The van der Waals surface area contributed by atoms with Gasteiger partial charge in [-0.2, -0.15) is 0 Å². The van der Waals surface area contributed by atoms with Gasteiger partial charge in [-0.25, -0.2) is 0 Å². The molecule has 5 heteroatoms. The number of hydrogen-bond donors (Lipinski definition) is 1. The predicted molar refractivity (Wildman–Crippen MR) is 62.3 cm³/mol. The van der Waals surface area contributed by atoms with Gasteiger partial charge in [-0.1, -0.05) is 0 Å². The Morgan fingerprint density at radius 2 is 2.18 bits per heavy atom. The predicted octanol–water partition coefficient (Wildman–Crippen LogP) is 1.15. The largest absolute Gasteiger partial charge is 0.490 e. The lowest BCUT2D eigenvalue weighted by molar-refractivity contribution is -0.124. The Kier molecular flexibility index (Phi) is 4.51. The van der Waals surface area contributed by atoms with E-state index in [9.17, 15) is 9.59 Å². The monoisotopic (exact) mass is 237 g/mol. The molecule has 5 nitrogen and oxygen atoms in total. The summed E-state index contributed by atoms with van der Waals surface area (Å²) < 4.78 is 10.7. The molecule has 1 aromatic rings. The van der Waals surface area contributed by atoms with Gasteiger partial charge in [0.2, 0.25) is 0 Å². The summed E-state index contributed by atoms with van der Waals surface area (Å²) >= 11 is 0. The molecule has 0 saturated heterocycles. The Morgan fingerprint density at radius 3 is 2.71 bits per heavy atom. The van der Waals surface area contributed by atoms with Crippen molar-refractivity contribution in [1.82, 2.24) is 0 Å². The highest BCUT2D eigenvalue weighted by Gasteiger charge is 2.14. The first-order valence-corrected chi connectivity index (χ1v) is 5.26. The van der Waals surface area contributed by atoms with Gasteiger partial charge in [0.25, 0.3) is 5.91 Å².